The molecule has 0 saturated carbocycles. The van der Waals surface area contributed by atoms with Crippen LogP contribution >= 0.6 is 0 Å². The summed E-state index contributed by atoms with van der Waals surface area (Å²) in [6.45, 7) is 8.57. The van der Waals surface area contributed by atoms with E-state index in [1.807, 2.05) is 13.8 Å². The zero-order valence-corrected chi connectivity index (χ0v) is 12.7. The molecule has 2 nitrogen and oxygen atoms in total. The Morgan fingerprint density at radius 3 is 2.16 bits per heavy atom. The summed E-state index contributed by atoms with van der Waals surface area (Å²) in [6.07, 6.45) is 1.93. The predicted molar refractivity (Wildman–Crippen MR) is 78.0 cm³/mol. The lowest BCUT2D eigenvalue weighted by molar-refractivity contribution is 0.248. The maximum atomic E-state index is 13.0. The zero-order chi connectivity index (χ0) is 14.8. The molecule has 1 rings (SSSR count). The summed E-state index contributed by atoms with van der Waals surface area (Å²) in [4.78, 5) is 0. The highest BCUT2D eigenvalue weighted by atomic mass is 19.1. The summed E-state index contributed by atoms with van der Waals surface area (Å²) in [5, 5.41) is 8.14. The Hall–Kier alpha value is -1.09. The lowest BCUT2D eigenvalue weighted by Gasteiger charge is -2.09. The van der Waals surface area contributed by atoms with E-state index < -0.39 is 0 Å². The molecule has 19 heavy (non-hydrogen) atoms. The number of rotatable bonds is 5. The van der Waals surface area contributed by atoms with Crippen molar-refractivity contribution < 1.29 is 14.2 Å². The third-order valence-corrected chi connectivity index (χ3v) is 2.60. The molecule has 110 valence electrons. The average Bonchev–Trinajstić information content (AvgIpc) is 2.37. The molecule has 0 aliphatic rings. The lowest BCUT2D eigenvalue weighted by atomic mass is 10.0. The number of aliphatic hydroxyl groups excluding tert-OH is 1. The van der Waals surface area contributed by atoms with Gasteiger partial charge in [-0.15, -0.1) is 0 Å². The van der Waals surface area contributed by atoms with Crippen molar-refractivity contribution in [2.24, 2.45) is 11.8 Å². The molecule has 0 radical (unpaired) electrons. The molecule has 0 saturated heterocycles. The molecular weight excluding hydrogens is 243 g/mol. The fraction of sp³-hybridized carbons (Fsp3) is 0.625. The smallest absolute Gasteiger partial charge is 0.123 e. The Morgan fingerprint density at radius 1 is 1.16 bits per heavy atom. The number of benzene rings is 1. The molecule has 0 fully saturated rings. The lowest BCUT2D eigenvalue weighted by Crippen LogP contribution is -1.96. The first kappa shape index (κ1) is 17.9. The number of halogens is 1. The second kappa shape index (κ2) is 9.79. The molecule has 0 aliphatic heterocycles. The van der Waals surface area contributed by atoms with E-state index in [0.29, 0.717) is 18.4 Å². The summed E-state index contributed by atoms with van der Waals surface area (Å²) in [6, 6.07) is 4.67. The van der Waals surface area contributed by atoms with Gasteiger partial charge in [-0.2, -0.15) is 0 Å². The van der Waals surface area contributed by atoms with Crippen molar-refractivity contribution in [3.8, 4) is 5.75 Å². The third-order valence-electron chi connectivity index (χ3n) is 2.60. The van der Waals surface area contributed by atoms with Crippen molar-refractivity contribution in [3.05, 3.63) is 29.6 Å². The van der Waals surface area contributed by atoms with Gasteiger partial charge in [0.05, 0.1) is 7.11 Å². The summed E-state index contributed by atoms with van der Waals surface area (Å²) in [7, 11) is 1.62. The van der Waals surface area contributed by atoms with Crippen LogP contribution in [-0.4, -0.2) is 18.8 Å². The van der Waals surface area contributed by atoms with Crippen LogP contribution in [0.4, 0.5) is 4.39 Å². The summed E-state index contributed by atoms with van der Waals surface area (Å²) in [5.41, 5.74) is 0.959. The second-order valence-electron chi connectivity index (χ2n) is 5.47. The number of ether oxygens (including phenoxy) is 1. The molecule has 0 amide bonds. The molecule has 0 bridgehead atoms. The highest BCUT2D eigenvalue weighted by molar-refractivity contribution is 5.33. The fourth-order valence-electron chi connectivity index (χ4n) is 1.39. The highest BCUT2D eigenvalue weighted by Crippen LogP contribution is 2.22. The number of hydrogen-bond acceptors (Lipinski definition) is 2. The normalized spacial score (nSPS) is 10.4. The van der Waals surface area contributed by atoms with Gasteiger partial charge in [0.25, 0.3) is 0 Å². The molecule has 1 aromatic carbocycles. The van der Waals surface area contributed by atoms with Crippen LogP contribution in [-0.2, 0) is 6.42 Å². The van der Waals surface area contributed by atoms with Crippen LogP contribution in [0.1, 0.15) is 39.7 Å². The van der Waals surface area contributed by atoms with E-state index in [2.05, 4.69) is 13.8 Å². The van der Waals surface area contributed by atoms with Gasteiger partial charge in [-0.1, -0.05) is 27.7 Å². The molecular formula is C16H27FO2. The number of aryl methyl sites for hydroxylation is 1. The largest absolute Gasteiger partial charge is 0.496 e. The van der Waals surface area contributed by atoms with Gasteiger partial charge in [-0.25, -0.2) is 4.39 Å². The van der Waals surface area contributed by atoms with Crippen molar-refractivity contribution in [3.63, 3.8) is 0 Å². The standard InChI is InChI=1S/C12H17FO.C4H10O/c1-9(2)4-5-10-8-11(13)6-7-12(10)14-3;1-4(2)3-5/h6-9H,4-5H2,1-3H3;4-5H,3H2,1-2H3. The van der Waals surface area contributed by atoms with Crippen molar-refractivity contribution >= 4 is 0 Å². The third kappa shape index (κ3) is 8.60. The van der Waals surface area contributed by atoms with Crippen molar-refractivity contribution in [1.29, 1.82) is 0 Å². The SMILES string of the molecule is CC(C)CO.COc1ccc(F)cc1CCC(C)C. The van der Waals surface area contributed by atoms with Crippen LogP contribution in [0, 0.1) is 17.7 Å². The van der Waals surface area contributed by atoms with Gasteiger partial charge in [0, 0.05) is 6.61 Å². The molecule has 0 aliphatic carbocycles. The van der Waals surface area contributed by atoms with E-state index in [4.69, 9.17) is 9.84 Å². The van der Waals surface area contributed by atoms with E-state index in [1.54, 1.807) is 19.2 Å². The molecule has 0 heterocycles. The maximum absolute atomic E-state index is 13.0. The summed E-state index contributed by atoms with van der Waals surface area (Å²) < 4.78 is 18.1. The van der Waals surface area contributed by atoms with Gasteiger partial charge >= 0.3 is 0 Å². The minimum Gasteiger partial charge on any atom is -0.496 e. The van der Waals surface area contributed by atoms with Gasteiger partial charge in [0.1, 0.15) is 11.6 Å². The molecule has 1 aromatic rings. The van der Waals surface area contributed by atoms with Gasteiger partial charge in [-0.3, -0.25) is 0 Å². The molecule has 0 atom stereocenters. The average molecular weight is 270 g/mol. The van der Waals surface area contributed by atoms with Crippen molar-refractivity contribution in [2.45, 2.75) is 40.5 Å². The summed E-state index contributed by atoms with van der Waals surface area (Å²) >= 11 is 0. The zero-order valence-electron chi connectivity index (χ0n) is 12.7. The molecule has 0 spiro atoms. The molecule has 0 unspecified atom stereocenters. The van der Waals surface area contributed by atoms with E-state index in [9.17, 15) is 4.39 Å². The number of hydrogen-bond donors (Lipinski definition) is 1. The maximum Gasteiger partial charge on any atom is 0.123 e. The Bertz CT molecular complexity index is 349. The minimum absolute atomic E-state index is 0.190. The van der Waals surface area contributed by atoms with Gasteiger partial charge < -0.3 is 9.84 Å². The first-order chi connectivity index (χ1) is 8.90. The Morgan fingerprint density at radius 2 is 1.74 bits per heavy atom. The van der Waals surface area contributed by atoms with Crippen LogP contribution in [0.25, 0.3) is 0 Å². The molecule has 1 N–H and O–H groups in total. The quantitative estimate of drug-likeness (QED) is 0.874. The van der Waals surface area contributed by atoms with E-state index in [1.165, 1.54) is 6.07 Å². The van der Waals surface area contributed by atoms with Crippen molar-refractivity contribution in [2.75, 3.05) is 13.7 Å². The fourth-order valence-corrected chi connectivity index (χ4v) is 1.39. The van der Waals surface area contributed by atoms with Crippen LogP contribution in [0.2, 0.25) is 0 Å². The Kier molecular flexibility index (Phi) is 9.23. The minimum atomic E-state index is -0.190. The molecule has 3 heteroatoms. The molecule has 0 aromatic heterocycles. The number of aliphatic hydroxyl groups is 1. The topological polar surface area (TPSA) is 29.5 Å². The first-order valence-corrected chi connectivity index (χ1v) is 6.84. The van der Waals surface area contributed by atoms with E-state index in [-0.39, 0.29) is 5.82 Å². The van der Waals surface area contributed by atoms with E-state index in [0.717, 1.165) is 24.2 Å². The van der Waals surface area contributed by atoms with Gasteiger partial charge in [0.15, 0.2) is 0 Å². The predicted octanol–water partition coefficient (Wildman–Crippen LogP) is 4.06. The number of methoxy groups -OCH3 is 1. The second-order valence-corrected chi connectivity index (χ2v) is 5.47. The van der Waals surface area contributed by atoms with Crippen LogP contribution < -0.4 is 4.74 Å². The van der Waals surface area contributed by atoms with Crippen LogP contribution in [0.3, 0.4) is 0 Å². The Labute approximate surface area is 116 Å². The van der Waals surface area contributed by atoms with E-state index >= 15 is 0 Å². The van der Waals surface area contributed by atoms with Gasteiger partial charge in [-0.05, 0) is 48.4 Å². The first-order valence-electron chi connectivity index (χ1n) is 6.84. The van der Waals surface area contributed by atoms with Crippen LogP contribution in [0.15, 0.2) is 18.2 Å². The monoisotopic (exact) mass is 270 g/mol. The van der Waals surface area contributed by atoms with Crippen molar-refractivity contribution in [1.82, 2.24) is 0 Å². The van der Waals surface area contributed by atoms with Crippen LogP contribution in [0.5, 0.6) is 5.75 Å². The Balaban J connectivity index is 0.000000555. The van der Waals surface area contributed by atoms with Gasteiger partial charge in [0.2, 0.25) is 0 Å². The highest BCUT2D eigenvalue weighted by Gasteiger charge is 2.05. The summed E-state index contributed by atoms with van der Waals surface area (Å²) in [5.74, 6) is 1.66.